The van der Waals surface area contributed by atoms with E-state index in [0.717, 1.165) is 12.1 Å². The molecule has 2 N–H and O–H groups in total. The highest BCUT2D eigenvalue weighted by molar-refractivity contribution is 6.33. The lowest BCUT2D eigenvalue weighted by atomic mass is 10.1. The number of anilines is 1. The van der Waals surface area contributed by atoms with Crippen LogP contribution in [0.1, 0.15) is 5.56 Å². The molecule has 0 atom stereocenters. The fraction of sp³-hybridized carbons (Fsp3) is 0.0714. The molecule has 2 aromatic carbocycles. The average molecular weight is 313 g/mol. The van der Waals surface area contributed by atoms with E-state index in [1.807, 2.05) is 0 Å². The van der Waals surface area contributed by atoms with Gasteiger partial charge in [-0.1, -0.05) is 11.6 Å². The zero-order valence-corrected chi connectivity index (χ0v) is 11.2. The molecule has 0 spiro atoms. The van der Waals surface area contributed by atoms with Crippen molar-refractivity contribution in [1.29, 1.82) is 0 Å². The van der Waals surface area contributed by atoms with Crippen LogP contribution in [0.2, 0.25) is 5.02 Å². The summed E-state index contributed by atoms with van der Waals surface area (Å²) < 4.78 is 43.7. The Morgan fingerprint density at radius 2 is 1.86 bits per heavy atom. The van der Waals surface area contributed by atoms with Gasteiger partial charge in [0.05, 0.1) is 16.1 Å². The molecule has 0 saturated carbocycles. The van der Waals surface area contributed by atoms with E-state index in [9.17, 15) is 13.2 Å². The van der Waals surface area contributed by atoms with Crippen molar-refractivity contribution in [2.75, 3.05) is 5.73 Å². The highest BCUT2D eigenvalue weighted by Gasteiger charge is 2.31. The Kier molecular flexibility index (Phi) is 3.06. The van der Waals surface area contributed by atoms with E-state index in [0.29, 0.717) is 16.8 Å². The lowest BCUT2D eigenvalue weighted by Crippen LogP contribution is -2.04. The highest BCUT2D eigenvalue weighted by Crippen LogP contribution is 2.36. The first-order chi connectivity index (χ1) is 9.84. The maximum Gasteiger partial charge on any atom is 0.416 e. The lowest BCUT2D eigenvalue weighted by molar-refractivity contribution is -0.137. The molecule has 7 heteroatoms. The first-order valence-corrected chi connectivity index (χ1v) is 6.25. The summed E-state index contributed by atoms with van der Waals surface area (Å²) in [5.41, 5.74) is 6.26. The number of aromatic nitrogens is 1. The zero-order valence-electron chi connectivity index (χ0n) is 10.4. The van der Waals surface area contributed by atoms with Crippen molar-refractivity contribution in [1.82, 2.24) is 4.98 Å². The van der Waals surface area contributed by atoms with Crippen molar-refractivity contribution in [2.24, 2.45) is 0 Å². The standard InChI is InChI=1S/C14H8ClF3N2O/c15-10-3-1-7(14(16,17)18)5-9(10)13-20-11-6-8(19)2-4-12(11)21-13/h1-6H,19H2. The van der Waals surface area contributed by atoms with Crippen LogP contribution >= 0.6 is 11.6 Å². The van der Waals surface area contributed by atoms with Gasteiger partial charge in [-0.25, -0.2) is 4.98 Å². The number of nitrogen functional groups attached to an aromatic ring is 1. The molecule has 3 nitrogen and oxygen atoms in total. The van der Waals surface area contributed by atoms with Gasteiger partial charge in [0.15, 0.2) is 5.58 Å². The molecule has 0 amide bonds. The van der Waals surface area contributed by atoms with Crippen molar-refractivity contribution >= 4 is 28.4 Å². The summed E-state index contributed by atoms with van der Waals surface area (Å²) >= 11 is 5.95. The van der Waals surface area contributed by atoms with E-state index in [-0.39, 0.29) is 16.5 Å². The van der Waals surface area contributed by atoms with E-state index >= 15 is 0 Å². The van der Waals surface area contributed by atoms with Crippen LogP contribution in [0.3, 0.4) is 0 Å². The van der Waals surface area contributed by atoms with Crippen molar-refractivity contribution < 1.29 is 17.6 Å². The second-order valence-corrected chi connectivity index (χ2v) is 4.85. The number of halogens is 4. The van der Waals surface area contributed by atoms with Gasteiger partial charge in [-0.05, 0) is 36.4 Å². The summed E-state index contributed by atoms with van der Waals surface area (Å²) in [5, 5.41) is 0.127. The molecule has 0 aliphatic rings. The Hall–Kier alpha value is -2.21. The van der Waals surface area contributed by atoms with Gasteiger partial charge in [-0.2, -0.15) is 13.2 Å². The summed E-state index contributed by atoms with van der Waals surface area (Å²) in [6.45, 7) is 0. The van der Waals surface area contributed by atoms with Gasteiger partial charge in [0.25, 0.3) is 0 Å². The molecule has 3 aromatic rings. The van der Waals surface area contributed by atoms with Crippen LogP contribution < -0.4 is 5.73 Å². The molecule has 21 heavy (non-hydrogen) atoms. The molecule has 0 aliphatic carbocycles. The van der Waals surface area contributed by atoms with Crippen molar-refractivity contribution in [3.8, 4) is 11.5 Å². The van der Waals surface area contributed by atoms with Crippen LogP contribution in [0, 0.1) is 0 Å². The van der Waals surface area contributed by atoms with Gasteiger partial charge < -0.3 is 10.2 Å². The number of alkyl halides is 3. The molecule has 1 aromatic heterocycles. The third-order valence-corrected chi connectivity index (χ3v) is 3.27. The van der Waals surface area contributed by atoms with Crippen LogP contribution in [0.25, 0.3) is 22.6 Å². The molecule has 0 aliphatic heterocycles. The van der Waals surface area contributed by atoms with Gasteiger partial charge >= 0.3 is 6.18 Å². The minimum Gasteiger partial charge on any atom is -0.436 e. The Labute approximate surface area is 122 Å². The third kappa shape index (κ3) is 2.54. The van der Waals surface area contributed by atoms with Gasteiger partial charge in [-0.15, -0.1) is 0 Å². The zero-order chi connectivity index (χ0) is 15.2. The molecule has 0 unspecified atom stereocenters. The van der Waals surface area contributed by atoms with Crippen LogP contribution in [0.5, 0.6) is 0 Å². The van der Waals surface area contributed by atoms with Crippen LogP contribution in [-0.2, 0) is 6.18 Å². The number of benzene rings is 2. The number of fused-ring (bicyclic) bond motifs is 1. The number of hydrogen-bond acceptors (Lipinski definition) is 3. The molecular formula is C14H8ClF3N2O. The van der Waals surface area contributed by atoms with E-state index in [4.69, 9.17) is 21.8 Å². The molecule has 1 heterocycles. The molecule has 0 radical (unpaired) electrons. The number of oxazole rings is 1. The summed E-state index contributed by atoms with van der Waals surface area (Å²) in [4.78, 5) is 4.13. The van der Waals surface area contributed by atoms with Gasteiger partial charge in [-0.3, -0.25) is 0 Å². The summed E-state index contributed by atoms with van der Waals surface area (Å²) in [6.07, 6.45) is -4.46. The number of hydrogen-bond donors (Lipinski definition) is 1. The van der Waals surface area contributed by atoms with E-state index < -0.39 is 11.7 Å². The molecular weight excluding hydrogens is 305 g/mol. The Morgan fingerprint density at radius 1 is 1.10 bits per heavy atom. The molecule has 108 valence electrons. The lowest BCUT2D eigenvalue weighted by Gasteiger charge is -2.08. The minimum absolute atomic E-state index is 0.0201. The summed E-state index contributed by atoms with van der Waals surface area (Å²) in [6, 6.07) is 7.78. The first kappa shape index (κ1) is 13.8. The molecule has 0 saturated heterocycles. The fourth-order valence-electron chi connectivity index (χ4n) is 1.93. The minimum atomic E-state index is -4.46. The van der Waals surface area contributed by atoms with Gasteiger partial charge in [0, 0.05) is 5.69 Å². The number of nitrogens with two attached hydrogens (primary N) is 1. The topological polar surface area (TPSA) is 52.0 Å². The van der Waals surface area contributed by atoms with E-state index in [2.05, 4.69) is 4.98 Å². The van der Waals surface area contributed by atoms with Gasteiger partial charge in [0.1, 0.15) is 5.52 Å². The molecule has 0 fully saturated rings. The van der Waals surface area contributed by atoms with Crippen LogP contribution in [0.15, 0.2) is 40.8 Å². The summed E-state index contributed by atoms with van der Waals surface area (Å²) in [5.74, 6) is 0.0201. The monoisotopic (exact) mass is 312 g/mol. The Bertz CT molecular complexity index is 827. The van der Waals surface area contributed by atoms with Gasteiger partial charge in [0.2, 0.25) is 5.89 Å². The predicted molar refractivity (Wildman–Crippen MR) is 73.9 cm³/mol. The Morgan fingerprint density at radius 3 is 2.57 bits per heavy atom. The first-order valence-electron chi connectivity index (χ1n) is 5.88. The third-order valence-electron chi connectivity index (χ3n) is 2.94. The van der Waals surface area contributed by atoms with Crippen molar-refractivity contribution in [3.63, 3.8) is 0 Å². The molecule has 3 rings (SSSR count). The molecule has 0 bridgehead atoms. The highest BCUT2D eigenvalue weighted by atomic mass is 35.5. The SMILES string of the molecule is Nc1ccc2oc(-c3cc(C(F)(F)F)ccc3Cl)nc2c1. The Balaban J connectivity index is 2.17. The van der Waals surface area contributed by atoms with Crippen LogP contribution in [-0.4, -0.2) is 4.98 Å². The maximum absolute atomic E-state index is 12.8. The predicted octanol–water partition coefficient (Wildman–Crippen LogP) is 4.75. The second kappa shape index (κ2) is 4.66. The van der Waals surface area contributed by atoms with Crippen molar-refractivity contribution in [3.05, 3.63) is 47.0 Å². The number of nitrogens with zero attached hydrogens (tertiary/aromatic N) is 1. The largest absolute Gasteiger partial charge is 0.436 e. The number of rotatable bonds is 1. The van der Waals surface area contributed by atoms with Crippen LogP contribution in [0.4, 0.5) is 18.9 Å². The quantitative estimate of drug-likeness (QED) is 0.660. The summed E-state index contributed by atoms with van der Waals surface area (Å²) in [7, 11) is 0. The maximum atomic E-state index is 12.8. The van der Waals surface area contributed by atoms with E-state index in [1.54, 1.807) is 18.2 Å². The average Bonchev–Trinajstić information content (AvgIpc) is 2.80. The smallest absolute Gasteiger partial charge is 0.416 e. The second-order valence-electron chi connectivity index (χ2n) is 4.44. The normalized spacial score (nSPS) is 12.0. The van der Waals surface area contributed by atoms with E-state index in [1.165, 1.54) is 6.07 Å². The van der Waals surface area contributed by atoms with Crippen molar-refractivity contribution in [2.45, 2.75) is 6.18 Å². The fourth-order valence-corrected chi connectivity index (χ4v) is 2.12.